The van der Waals surface area contributed by atoms with Gasteiger partial charge < -0.3 is 10.2 Å². The van der Waals surface area contributed by atoms with Crippen molar-refractivity contribution in [2.45, 2.75) is 25.7 Å². The Hall–Kier alpha value is -1.91. The molecule has 1 aromatic heterocycles. The van der Waals surface area contributed by atoms with E-state index in [0.717, 1.165) is 25.0 Å². The summed E-state index contributed by atoms with van der Waals surface area (Å²) in [4.78, 5) is 11.5. The Labute approximate surface area is 108 Å². The van der Waals surface area contributed by atoms with Gasteiger partial charge in [0.25, 0.3) is 0 Å². The first-order chi connectivity index (χ1) is 8.94. The van der Waals surface area contributed by atoms with Crippen molar-refractivity contribution in [3.05, 3.63) is 35.6 Å². The molecule has 3 nitrogen and oxygen atoms in total. The fourth-order valence-electron chi connectivity index (χ4n) is 2.57. The van der Waals surface area contributed by atoms with Crippen LogP contribution < -0.4 is 5.73 Å². The highest BCUT2D eigenvalue weighted by Gasteiger charge is 2.54. The summed E-state index contributed by atoms with van der Waals surface area (Å²) in [6.45, 7) is 1.85. The van der Waals surface area contributed by atoms with E-state index in [0.29, 0.717) is 11.1 Å². The van der Waals surface area contributed by atoms with Crippen LogP contribution in [0.4, 0.5) is 8.78 Å². The second kappa shape index (κ2) is 3.79. The third-order valence-electron chi connectivity index (χ3n) is 4.11. The van der Waals surface area contributed by atoms with Crippen LogP contribution in [0.2, 0.25) is 0 Å². The highest BCUT2D eigenvalue weighted by molar-refractivity contribution is 5.85. The Morgan fingerprint density at radius 3 is 2.53 bits per heavy atom. The van der Waals surface area contributed by atoms with Gasteiger partial charge in [-0.3, -0.25) is 4.79 Å². The van der Waals surface area contributed by atoms with Crippen LogP contribution in [-0.4, -0.2) is 5.91 Å². The first-order valence-corrected chi connectivity index (χ1v) is 6.12. The van der Waals surface area contributed by atoms with Gasteiger partial charge >= 0.3 is 0 Å². The van der Waals surface area contributed by atoms with Crippen molar-refractivity contribution >= 4 is 16.9 Å². The quantitative estimate of drug-likeness (QED) is 0.927. The summed E-state index contributed by atoms with van der Waals surface area (Å²) < 4.78 is 31.8. The van der Waals surface area contributed by atoms with E-state index in [1.807, 2.05) is 6.92 Å². The predicted octanol–water partition coefficient (Wildman–Crippen LogP) is 3.08. The topological polar surface area (TPSA) is 56.2 Å². The van der Waals surface area contributed by atoms with Gasteiger partial charge in [0.2, 0.25) is 5.91 Å². The molecule has 0 radical (unpaired) electrons. The van der Waals surface area contributed by atoms with E-state index in [4.69, 9.17) is 10.2 Å². The van der Waals surface area contributed by atoms with Crippen LogP contribution in [0.25, 0.3) is 11.0 Å². The maximum Gasteiger partial charge on any atom is 0.224 e. The van der Waals surface area contributed by atoms with Crippen LogP contribution in [0, 0.1) is 17.0 Å². The zero-order valence-corrected chi connectivity index (χ0v) is 10.4. The standard InChI is InChI=1S/C14H13F2NO2/c1-7(14(2-3-14)13(17)18)11-5-8-4-9(15)10(16)6-12(8)19-11/h4-7H,2-3H2,1H3,(H2,17,18)/t7-/m0/s1. The lowest BCUT2D eigenvalue weighted by molar-refractivity contribution is -0.123. The average molecular weight is 265 g/mol. The molecule has 2 N–H and O–H groups in total. The minimum Gasteiger partial charge on any atom is -0.461 e. The van der Waals surface area contributed by atoms with E-state index in [9.17, 15) is 13.6 Å². The van der Waals surface area contributed by atoms with Gasteiger partial charge in [-0.1, -0.05) is 6.92 Å². The van der Waals surface area contributed by atoms with Crippen molar-refractivity contribution < 1.29 is 18.0 Å². The van der Waals surface area contributed by atoms with E-state index in [1.165, 1.54) is 0 Å². The summed E-state index contributed by atoms with van der Waals surface area (Å²) in [5.74, 6) is -1.86. The maximum atomic E-state index is 13.1. The number of benzene rings is 1. The molecule has 3 rings (SSSR count). The Kier molecular flexibility index (Phi) is 2.42. The Morgan fingerprint density at radius 1 is 1.32 bits per heavy atom. The summed E-state index contributed by atoms with van der Waals surface area (Å²) in [7, 11) is 0. The maximum absolute atomic E-state index is 13.1. The lowest BCUT2D eigenvalue weighted by atomic mass is 9.88. The molecular formula is C14H13F2NO2. The fraction of sp³-hybridized carbons (Fsp3) is 0.357. The molecule has 0 aliphatic heterocycles. The second-order valence-electron chi connectivity index (χ2n) is 5.19. The Balaban J connectivity index is 2.04. The lowest BCUT2D eigenvalue weighted by Gasteiger charge is -2.17. The van der Waals surface area contributed by atoms with Gasteiger partial charge in [-0.25, -0.2) is 8.78 Å². The number of carbonyl (C=O) groups is 1. The van der Waals surface area contributed by atoms with Crippen LogP contribution in [0.15, 0.2) is 22.6 Å². The van der Waals surface area contributed by atoms with Gasteiger partial charge in [-0.2, -0.15) is 0 Å². The van der Waals surface area contributed by atoms with E-state index >= 15 is 0 Å². The molecule has 1 amide bonds. The van der Waals surface area contributed by atoms with Gasteiger partial charge in [-0.15, -0.1) is 0 Å². The molecule has 1 saturated carbocycles. The molecule has 1 heterocycles. The molecule has 5 heteroatoms. The molecule has 1 aromatic carbocycles. The minimum atomic E-state index is -0.947. The zero-order chi connectivity index (χ0) is 13.8. The molecular weight excluding hydrogens is 252 g/mol. The number of fused-ring (bicyclic) bond motifs is 1. The van der Waals surface area contributed by atoms with Gasteiger partial charge in [0.05, 0.1) is 5.41 Å². The van der Waals surface area contributed by atoms with Crippen LogP contribution in [0.3, 0.4) is 0 Å². The van der Waals surface area contributed by atoms with Crippen molar-refractivity contribution in [3.8, 4) is 0 Å². The third kappa shape index (κ3) is 1.72. The van der Waals surface area contributed by atoms with Crippen LogP contribution in [0.1, 0.15) is 31.4 Å². The molecule has 2 aromatic rings. The van der Waals surface area contributed by atoms with E-state index in [2.05, 4.69) is 0 Å². The molecule has 19 heavy (non-hydrogen) atoms. The molecule has 1 aliphatic rings. The van der Waals surface area contributed by atoms with Gasteiger partial charge in [-0.05, 0) is 25.0 Å². The zero-order valence-electron chi connectivity index (χ0n) is 10.4. The monoisotopic (exact) mass is 265 g/mol. The average Bonchev–Trinajstić information content (AvgIpc) is 3.07. The van der Waals surface area contributed by atoms with Gasteiger partial charge in [0.15, 0.2) is 11.6 Å². The van der Waals surface area contributed by atoms with E-state index in [-0.39, 0.29) is 17.4 Å². The summed E-state index contributed by atoms with van der Waals surface area (Å²) in [6.07, 6.45) is 1.45. The highest BCUT2D eigenvalue weighted by Crippen LogP contribution is 2.56. The molecule has 1 aliphatic carbocycles. The van der Waals surface area contributed by atoms with Crippen molar-refractivity contribution in [2.75, 3.05) is 0 Å². The minimum absolute atomic E-state index is 0.191. The van der Waals surface area contributed by atoms with Crippen molar-refractivity contribution in [3.63, 3.8) is 0 Å². The number of halogens is 2. The largest absolute Gasteiger partial charge is 0.461 e. The Morgan fingerprint density at radius 2 is 1.95 bits per heavy atom. The van der Waals surface area contributed by atoms with Crippen LogP contribution in [-0.2, 0) is 4.79 Å². The smallest absolute Gasteiger partial charge is 0.224 e. The number of carbonyl (C=O) groups excluding carboxylic acids is 1. The molecule has 1 atom stereocenters. The van der Waals surface area contributed by atoms with Crippen LogP contribution >= 0.6 is 0 Å². The lowest BCUT2D eigenvalue weighted by Crippen LogP contribution is -2.29. The molecule has 1 fully saturated rings. The van der Waals surface area contributed by atoms with Crippen molar-refractivity contribution in [2.24, 2.45) is 11.1 Å². The summed E-state index contributed by atoms with van der Waals surface area (Å²) in [6, 6.07) is 3.75. The van der Waals surface area contributed by atoms with E-state index in [1.54, 1.807) is 6.07 Å². The number of hydrogen-bond acceptors (Lipinski definition) is 2. The summed E-state index contributed by atoms with van der Waals surface area (Å²) >= 11 is 0. The summed E-state index contributed by atoms with van der Waals surface area (Å²) in [5.41, 5.74) is 5.13. The molecule has 0 saturated heterocycles. The highest BCUT2D eigenvalue weighted by atomic mass is 19.2. The normalized spacial score (nSPS) is 18.5. The molecule has 0 spiro atoms. The molecule has 0 unspecified atom stereocenters. The second-order valence-corrected chi connectivity index (χ2v) is 5.19. The predicted molar refractivity (Wildman–Crippen MR) is 65.4 cm³/mol. The number of primary amides is 1. The number of amides is 1. The van der Waals surface area contributed by atoms with Gasteiger partial charge in [0, 0.05) is 17.4 Å². The first-order valence-electron chi connectivity index (χ1n) is 6.12. The molecule has 0 bridgehead atoms. The van der Waals surface area contributed by atoms with Gasteiger partial charge in [0.1, 0.15) is 11.3 Å². The number of nitrogens with two attached hydrogens (primary N) is 1. The SMILES string of the molecule is C[C@@H](c1cc2cc(F)c(F)cc2o1)C1(C(N)=O)CC1. The van der Waals surface area contributed by atoms with E-state index < -0.39 is 17.0 Å². The summed E-state index contributed by atoms with van der Waals surface area (Å²) in [5, 5.41) is 0.487. The number of furan rings is 1. The van der Waals surface area contributed by atoms with Crippen molar-refractivity contribution in [1.82, 2.24) is 0 Å². The molecule has 100 valence electrons. The van der Waals surface area contributed by atoms with Crippen LogP contribution in [0.5, 0.6) is 0 Å². The third-order valence-corrected chi connectivity index (χ3v) is 4.11. The van der Waals surface area contributed by atoms with Crippen molar-refractivity contribution in [1.29, 1.82) is 0 Å². The Bertz CT molecular complexity index is 634. The fourth-order valence-corrected chi connectivity index (χ4v) is 2.57. The number of hydrogen-bond donors (Lipinski definition) is 1. The number of rotatable bonds is 3. The first kappa shape index (κ1) is 12.1.